The number of amides is 1. The van der Waals surface area contributed by atoms with Gasteiger partial charge in [-0.25, -0.2) is 0 Å². The molecule has 0 radical (unpaired) electrons. The van der Waals surface area contributed by atoms with E-state index in [0.29, 0.717) is 24.8 Å². The quantitative estimate of drug-likeness (QED) is 0.811. The lowest BCUT2D eigenvalue weighted by Gasteiger charge is -2.55. The van der Waals surface area contributed by atoms with Crippen molar-refractivity contribution in [3.05, 3.63) is 76.5 Å². The SMILES string of the molecule is Cc1ccc(CN2C=C3[C@H]4Cc5ccc(O)cc5[C@@]3(CCN4CC3CC3)CC2=O)cc1. The minimum atomic E-state index is -0.252. The van der Waals surface area contributed by atoms with Crippen molar-refractivity contribution in [1.29, 1.82) is 0 Å². The molecule has 2 aliphatic heterocycles. The maximum absolute atomic E-state index is 13.4. The molecule has 1 saturated heterocycles. The largest absolute Gasteiger partial charge is 0.508 e. The normalized spacial score (nSPS) is 27.5. The molecule has 2 bridgehead atoms. The molecule has 4 heteroatoms. The minimum Gasteiger partial charge on any atom is -0.508 e. The van der Waals surface area contributed by atoms with Crippen LogP contribution in [-0.2, 0) is 23.2 Å². The Kier molecular flexibility index (Phi) is 4.29. The fourth-order valence-electron chi connectivity index (χ4n) is 6.05. The molecule has 2 heterocycles. The zero-order valence-corrected chi connectivity index (χ0v) is 18.2. The molecule has 1 saturated carbocycles. The summed E-state index contributed by atoms with van der Waals surface area (Å²) in [4.78, 5) is 18.0. The lowest BCUT2D eigenvalue weighted by molar-refractivity contribution is -0.132. The smallest absolute Gasteiger partial charge is 0.228 e. The highest BCUT2D eigenvalue weighted by molar-refractivity contribution is 5.82. The summed E-state index contributed by atoms with van der Waals surface area (Å²) >= 11 is 0. The van der Waals surface area contributed by atoms with Crippen LogP contribution in [-0.4, -0.2) is 39.9 Å². The second kappa shape index (κ2) is 6.96. The fourth-order valence-corrected chi connectivity index (χ4v) is 6.05. The number of hydrogen-bond acceptors (Lipinski definition) is 3. The maximum Gasteiger partial charge on any atom is 0.228 e. The molecule has 1 amide bonds. The van der Waals surface area contributed by atoms with Gasteiger partial charge in [-0.2, -0.15) is 0 Å². The standard InChI is InChI=1S/C27H30N2O2/c1-18-2-4-19(5-3-18)16-29-17-24-25-12-21-8-9-22(30)13-23(21)27(24,14-26(29)31)10-11-28(25)15-20-6-7-20/h2-5,8-9,13,17,20,25,30H,6-7,10-12,14-16H2,1H3/t25-,27-/m1/s1. The van der Waals surface area contributed by atoms with Gasteiger partial charge in [0.15, 0.2) is 0 Å². The minimum absolute atomic E-state index is 0.190. The van der Waals surface area contributed by atoms with Gasteiger partial charge in [0.05, 0.1) is 6.54 Å². The van der Waals surface area contributed by atoms with Gasteiger partial charge in [0, 0.05) is 30.6 Å². The zero-order chi connectivity index (χ0) is 21.2. The van der Waals surface area contributed by atoms with E-state index in [2.05, 4.69) is 48.4 Å². The van der Waals surface area contributed by atoms with E-state index in [0.717, 1.165) is 25.3 Å². The van der Waals surface area contributed by atoms with E-state index in [-0.39, 0.29) is 11.3 Å². The Morgan fingerprint density at radius 3 is 2.71 bits per heavy atom. The molecular weight excluding hydrogens is 384 g/mol. The second-order valence-corrected chi connectivity index (χ2v) is 10.1. The number of phenols is 1. The van der Waals surface area contributed by atoms with Crippen LogP contribution in [0.25, 0.3) is 0 Å². The van der Waals surface area contributed by atoms with Crippen LogP contribution in [0, 0.1) is 12.8 Å². The number of piperidine rings is 1. The van der Waals surface area contributed by atoms with Crippen molar-refractivity contribution in [2.45, 2.75) is 57.0 Å². The Labute approximate surface area is 184 Å². The number of aromatic hydroxyl groups is 1. The van der Waals surface area contributed by atoms with Crippen LogP contribution in [0.2, 0.25) is 0 Å². The first-order valence-corrected chi connectivity index (χ1v) is 11.7. The van der Waals surface area contributed by atoms with Crippen LogP contribution in [0.1, 0.15) is 47.9 Å². The van der Waals surface area contributed by atoms with Crippen molar-refractivity contribution >= 4 is 5.91 Å². The third-order valence-electron chi connectivity index (χ3n) is 7.93. The topological polar surface area (TPSA) is 43.8 Å². The monoisotopic (exact) mass is 414 g/mol. The number of likely N-dealkylation sites (tertiary alicyclic amines) is 1. The molecular formula is C27H30N2O2. The molecule has 31 heavy (non-hydrogen) atoms. The van der Waals surface area contributed by atoms with Gasteiger partial charge in [-0.3, -0.25) is 9.69 Å². The summed E-state index contributed by atoms with van der Waals surface area (Å²) in [7, 11) is 0. The maximum atomic E-state index is 13.4. The Morgan fingerprint density at radius 1 is 1.13 bits per heavy atom. The third-order valence-corrected chi connectivity index (χ3v) is 7.93. The number of aryl methyl sites for hydroxylation is 1. The van der Waals surface area contributed by atoms with E-state index in [9.17, 15) is 9.90 Å². The van der Waals surface area contributed by atoms with Crippen LogP contribution in [0.3, 0.4) is 0 Å². The van der Waals surface area contributed by atoms with Crippen LogP contribution in [0.4, 0.5) is 0 Å². The Morgan fingerprint density at radius 2 is 1.94 bits per heavy atom. The molecule has 4 nitrogen and oxygen atoms in total. The van der Waals surface area contributed by atoms with E-state index in [1.807, 2.05) is 11.0 Å². The van der Waals surface area contributed by atoms with Crippen LogP contribution in [0.5, 0.6) is 5.75 Å². The van der Waals surface area contributed by atoms with E-state index in [1.165, 1.54) is 47.2 Å². The first kappa shape index (κ1) is 19.1. The molecule has 0 spiro atoms. The number of phenolic OH excluding ortho intramolecular Hbond substituents is 1. The summed E-state index contributed by atoms with van der Waals surface area (Å²) in [5, 5.41) is 10.3. The van der Waals surface area contributed by atoms with Gasteiger partial charge in [0.25, 0.3) is 0 Å². The summed E-state index contributed by atoms with van der Waals surface area (Å²) in [6, 6.07) is 14.7. The molecule has 6 rings (SSSR count). The van der Waals surface area contributed by atoms with Crippen molar-refractivity contribution < 1.29 is 9.90 Å². The van der Waals surface area contributed by atoms with Crippen molar-refractivity contribution in [2.75, 3.05) is 13.1 Å². The number of nitrogens with zero attached hydrogens (tertiary/aromatic N) is 2. The van der Waals surface area contributed by atoms with Gasteiger partial charge in [0.2, 0.25) is 5.91 Å². The van der Waals surface area contributed by atoms with Gasteiger partial charge in [0.1, 0.15) is 5.75 Å². The number of benzene rings is 2. The molecule has 0 aromatic heterocycles. The van der Waals surface area contributed by atoms with Crippen LogP contribution in [0.15, 0.2) is 54.2 Å². The number of hydrogen-bond donors (Lipinski definition) is 1. The van der Waals surface area contributed by atoms with Gasteiger partial charge < -0.3 is 10.0 Å². The molecule has 2 fully saturated rings. The molecule has 0 unspecified atom stereocenters. The highest BCUT2D eigenvalue weighted by Gasteiger charge is 2.53. The predicted molar refractivity (Wildman–Crippen MR) is 121 cm³/mol. The van der Waals surface area contributed by atoms with Crippen molar-refractivity contribution in [3.63, 3.8) is 0 Å². The van der Waals surface area contributed by atoms with Crippen molar-refractivity contribution in [2.24, 2.45) is 5.92 Å². The van der Waals surface area contributed by atoms with E-state index in [1.54, 1.807) is 6.07 Å². The summed E-state index contributed by atoms with van der Waals surface area (Å²) in [5.74, 6) is 1.35. The Bertz CT molecular complexity index is 1070. The average molecular weight is 415 g/mol. The molecule has 2 atom stereocenters. The molecule has 2 aliphatic carbocycles. The summed E-state index contributed by atoms with van der Waals surface area (Å²) in [6.07, 6.45) is 7.34. The number of carbonyl (C=O) groups excluding carboxylic acids is 1. The van der Waals surface area contributed by atoms with Crippen LogP contribution >= 0.6 is 0 Å². The first-order chi connectivity index (χ1) is 15.0. The first-order valence-electron chi connectivity index (χ1n) is 11.7. The number of fused-ring (bicyclic) bond motifs is 1. The third kappa shape index (κ3) is 3.20. The Balaban J connectivity index is 1.42. The molecule has 4 aliphatic rings. The summed E-state index contributed by atoms with van der Waals surface area (Å²) in [6.45, 7) is 4.93. The fraction of sp³-hybridized carbons (Fsp3) is 0.444. The summed E-state index contributed by atoms with van der Waals surface area (Å²) in [5.41, 5.74) is 6.03. The lowest BCUT2D eigenvalue weighted by atomic mass is 9.58. The van der Waals surface area contributed by atoms with Crippen molar-refractivity contribution in [1.82, 2.24) is 9.80 Å². The summed E-state index contributed by atoms with van der Waals surface area (Å²) < 4.78 is 0. The predicted octanol–water partition coefficient (Wildman–Crippen LogP) is 4.30. The molecule has 160 valence electrons. The number of carbonyl (C=O) groups is 1. The average Bonchev–Trinajstić information content (AvgIpc) is 3.57. The van der Waals surface area contributed by atoms with E-state index in [4.69, 9.17) is 0 Å². The lowest BCUT2D eigenvalue weighted by Crippen LogP contribution is -2.59. The number of rotatable bonds is 4. The second-order valence-electron chi connectivity index (χ2n) is 10.1. The van der Waals surface area contributed by atoms with Crippen LogP contribution < -0.4 is 0 Å². The van der Waals surface area contributed by atoms with Gasteiger partial charge in [-0.15, -0.1) is 0 Å². The Hall–Kier alpha value is -2.59. The highest BCUT2D eigenvalue weighted by atomic mass is 16.3. The van der Waals surface area contributed by atoms with Crippen molar-refractivity contribution in [3.8, 4) is 5.75 Å². The van der Waals surface area contributed by atoms with Gasteiger partial charge >= 0.3 is 0 Å². The van der Waals surface area contributed by atoms with E-state index < -0.39 is 0 Å². The van der Waals surface area contributed by atoms with E-state index >= 15 is 0 Å². The molecule has 1 N–H and O–H groups in total. The van der Waals surface area contributed by atoms with Gasteiger partial charge in [-0.05, 0) is 79.5 Å². The molecule has 2 aromatic rings. The zero-order valence-electron chi connectivity index (χ0n) is 18.2. The highest BCUT2D eigenvalue weighted by Crippen LogP contribution is 2.54. The molecule has 2 aromatic carbocycles. The van der Waals surface area contributed by atoms with Gasteiger partial charge in [-0.1, -0.05) is 35.9 Å².